The molecule has 0 heterocycles. The Morgan fingerprint density at radius 3 is 2.50 bits per heavy atom. The molecule has 2 aromatic rings. The zero-order valence-electron chi connectivity index (χ0n) is 12.4. The molecule has 0 atom stereocenters. The summed E-state index contributed by atoms with van der Waals surface area (Å²) in [6.45, 7) is 1.60. The van der Waals surface area contributed by atoms with Crippen LogP contribution in [0.2, 0.25) is 0 Å². The van der Waals surface area contributed by atoms with Crippen molar-refractivity contribution in [2.24, 2.45) is 0 Å². The molecule has 24 heavy (non-hydrogen) atoms. The Hall–Kier alpha value is -3.16. The third-order valence-corrected chi connectivity index (χ3v) is 2.91. The smallest absolute Gasteiger partial charge is 0.478 e. The summed E-state index contributed by atoms with van der Waals surface area (Å²) < 4.78 is 31.2. The van der Waals surface area contributed by atoms with E-state index in [9.17, 15) is 23.5 Å². The molecule has 0 aliphatic carbocycles. The number of benzene rings is 2. The minimum Gasteiger partial charge on any atom is -0.478 e. The van der Waals surface area contributed by atoms with Crippen LogP contribution in [0.1, 0.15) is 17.3 Å². The molecule has 0 saturated heterocycles. The third-order valence-electron chi connectivity index (χ3n) is 2.91. The number of carbonyl (C=O) groups is 2. The van der Waals surface area contributed by atoms with Crippen molar-refractivity contribution in [3.8, 4) is 16.9 Å². The average Bonchev–Trinajstić information content (AvgIpc) is 2.53. The van der Waals surface area contributed by atoms with Gasteiger partial charge in [0.25, 0.3) is 0 Å². The largest absolute Gasteiger partial charge is 0.549 e. The van der Waals surface area contributed by atoms with E-state index in [1.54, 1.807) is 6.92 Å². The quantitative estimate of drug-likeness (QED) is 0.507. The van der Waals surface area contributed by atoms with Crippen LogP contribution in [0.15, 0.2) is 36.4 Å². The van der Waals surface area contributed by atoms with Gasteiger partial charge < -0.3 is 9.84 Å². The van der Waals surface area contributed by atoms with E-state index >= 15 is 0 Å². The highest BCUT2D eigenvalue weighted by molar-refractivity contribution is 5.92. The first kappa shape index (κ1) is 17.2. The Morgan fingerprint density at radius 2 is 1.88 bits per heavy atom. The fourth-order valence-corrected chi connectivity index (χ4v) is 1.88. The summed E-state index contributed by atoms with van der Waals surface area (Å²) in [6, 6.07) is 6.55. The zero-order valence-corrected chi connectivity index (χ0v) is 12.4. The lowest BCUT2D eigenvalue weighted by molar-refractivity contribution is -0.167. The zero-order chi connectivity index (χ0) is 17.7. The Morgan fingerprint density at radius 1 is 1.12 bits per heavy atom. The van der Waals surface area contributed by atoms with E-state index in [1.165, 1.54) is 18.2 Å². The van der Waals surface area contributed by atoms with Crippen LogP contribution in [0, 0.1) is 11.6 Å². The highest BCUT2D eigenvalue weighted by atomic mass is 19.1. The van der Waals surface area contributed by atoms with Crippen molar-refractivity contribution in [3.63, 3.8) is 0 Å². The number of hydrogen-bond donors (Lipinski definition) is 1. The Kier molecular flexibility index (Phi) is 5.31. The van der Waals surface area contributed by atoms with Gasteiger partial charge in [-0.25, -0.2) is 18.5 Å². The van der Waals surface area contributed by atoms with Gasteiger partial charge in [0.1, 0.15) is 17.2 Å². The molecule has 6 nitrogen and oxygen atoms in total. The van der Waals surface area contributed by atoms with E-state index in [4.69, 9.17) is 0 Å². The fourth-order valence-electron chi connectivity index (χ4n) is 1.88. The van der Waals surface area contributed by atoms with Crippen molar-refractivity contribution in [3.05, 3.63) is 53.6 Å². The summed E-state index contributed by atoms with van der Waals surface area (Å²) in [4.78, 5) is 31.3. The van der Waals surface area contributed by atoms with E-state index in [2.05, 4.69) is 14.5 Å². The van der Waals surface area contributed by atoms with Gasteiger partial charge in [-0.3, -0.25) is 4.89 Å². The van der Waals surface area contributed by atoms with Crippen molar-refractivity contribution in [1.29, 1.82) is 0 Å². The highest BCUT2D eigenvalue weighted by Crippen LogP contribution is 2.29. The van der Waals surface area contributed by atoms with Gasteiger partial charge in [0.2, 0.25) is 0 Å². The maximum Gasteiger partial charge on any atom is 0.549 e. The number of carboxylic acid groups (broad SMARTS) is 1. The second kappa shape index (κ2) is 7.40. The predicted molar refractivity (Wildman–Crippen MR) is 77.5 cm³/mol. The topological polar surface area (TPSA) is 82.1 Å². The monoisotopic (exact) mass is 338 g/mol. The highest BCUT2D eigenvalue weighted by Gasteiger charge is 2.17. The molecule has 0 unspecified atom stereocenters. The van der Waals surface area contributed by atoms with Gasteiger partial charge in [-0.1, -0.05) is 6.07 Å². The van der Waals surface area contributed by atoms with E-state index in [-0.39, 0.29) is 29.0 Å². The number of carbonyl (C=O) groups excluding carboxylic acids is 1. The summed E-state index contributed by atoms with van der Waals surface area (Å²) in [6.07, 6.45) is -1.14. The summed E-state index contributed by atoms with van der Waals surface area (Å²) >= 11 is 0. The molecule has 0 saturated carbocycles. The fraction of sp³-hybridized carbons (Fsp3) is 0.125. The summed E-state index contributed by atoms with van der Waals surface area (Å²) in [5.41, 5.74) is -0.175. The summed E-state index contributed by atoms with van der Waals surface area (Å²) in [7, 11) is 0. The molecule has 0 bridgehead atoms. The molecule has 2 aromatic carbocycles. The van der Waals surface area contributed by atoms with Gasteiger partial charge in [0.15, 0.2) is 5.75 Å². The number of carboxylic acids is 1. The maximum atomic E-state index is 13.8. The van der Waals surface area contributed by atoms with Crippen LogP contribution in [-0.2, 0) is 9.62 Å². The molecule has 0 aromatic heterocycles. The lowest BCUT2D eigenvalue weighted by Crippen LogP contribution is -2.11. The average molecular weight is 338 g/mol. The van der Waals surface area contributed by atoms with Crippen molar-refractivity contribution in [2.45, 2.75) is 6.92 Å². The molecule has 0 aliphatic rings. The lowest BCUT2D eigenvalue weighted by Gasteiger charge is -2.09. The van der Waals surface area contributed by atoms with Gasteiger partial charge in [-0.05, 0) is 36.8 Å². The van der Waals surface area contributed by atoms with Crippen LogP contribution >= 0.6 is 0 Å². The Balaban J connectivity index is 2.32. The molecule has 2 rings (SSSR count). The molecule has 0 radical (unpaired) electrons. The second-order valence-corrected chi connectivity index (χ2v) is 4.49. The van der Waals surface area contributed by atoms with E-state index in [0.29, 0.717) is 6.07 Å². The first-order valence-electron chi connectivity index (χ1n) is 6.76. The molecular weight excluding hydrogens is 326 g/mol. The SMILES string of the molecule is CCOC(=O)OOc1ccc(-c2ccc(F)cc2F)cc1C(=O)O. The number of hydrogen-bond acceptors (Lipinski definition) is 5. The minimum atomic E-state index is -1.39. The van der Waals surface area contributed by atoms with Crippen LogP contribution in [0.5, 0.6) is 5.75 Å². The number of rotatable bonds is 5. The Bertz CT molecular complexity index is 775. The molecule has 0 spiro atoms. The first-order chi connectivity index (χ1) is 11.4. The molecule has 126 valence electrons. The molecule has 0 aliphatic heterocycles. The van der Waals surface area contributed by atoms with Gasteiger partial charge in [-0.2, -0.15) is 4.79 Å². The Labute approximate surface area is 135 Å². The van der Waals surface area contributed by atoms with Crippen molar-refractivity contribution >= 4 is 12.1 Å². The first-order valence-corrected chi connectivity index (χ1v) is 6.76. The van der Waals surface area contributed by atoms with Crippen LogP contribution in [0.3, 0.4) is 0 Å². The van der Waals surface area contributed by atoms with Crippen LogP contribution in [0.25, 0.3) is 11.1 Å². The van der Waals surface area contributed by atoms with E-state index in [0.717, 1.165) is 12.1 Å². The second-order valence-electron chi connectivity index (χ2n) is 4.49. The van der Waals surface area contributed by atoms with Crippen molar-refractivity contribution in [2.75, 3.05) is 6.61 Å². The molecule has 0 amide bonds. The number of halogens is 2. The van der Waals surface area contributed by atoms with Crippen LogP contribution in [0.4, 0.5) is 13.6 Å². The summed E-state index contributed by atoms with van der Waals surface area (Å²) in [5, 5.41) is 9.21. The lowest BCUT2D eigenvalue weighted by atomic mass is 10.0. The number of ether oxygens (including phenoxy) is 1. The minimum absolute atomic E-state index is 0.0109. The van der Waals surface area contributed by atoms with Gasteiger partial charge in [0.05, 0.1) is 6.61 Å². The van der Waals surface area contributed by atoms with Crippen LogP contribution in [-0.4, -0.2) is 23.8 Å². The maximum absolute atomic E-state index is 13.8. The van der Waals surface area contributed by atoms with Gasteiger partial charge in [-0.15, -0.1) is 0 Å². The van der Waals surface area contributed by atoms with Crippen molar-refractivity contribution in [1.82, 2.24) is 0 Å². The molecule has 1 N–H and O–H groups in total. The number of aromatic carboxylic acids is 1. The van der Waals surface area contributed by atoms with Gasteiger partial charge in [0, 0.05) is 11.6 Å². The van der Waals surface area contributed by atoms with E-state index in [1.807, 2.05) is 0 Å². The third kappa shape index (κ3) is 3.97. The predicted octanol–water partition coefficient (Wildman–Crippen LogP) is 3.80. The van der Waals surface area contributed by atoms with Crippen LogP contribution < -0.4 is 4.89 Å². The van der Waals surface area contributed by atoms with Gasteiger partial charge >= 0.3 is 12.1 Å². The normalized spacial score (nSPS) is 10.1. The van der Waals surface area contributed by atoms with E-state index < -0.39 is 23.8 Å². The molecular formula is C16H12F2O6. The summed E-state index contributed by atoms with van der Waals surface area (Å²) in [5.74, 6) is -3.26. The van der Waals surface area contributed by atoms with Crippen molar-refractivity contribution < 1.29 is 38.0 Å². The standard InChI is InChI=1S/C16H12F2O6/c1-2-22-16(21)24-23-14-6-3-9(7-12(14)15(19)20)11-5-4-10(17)8-13(11)18/h3-8H,2H2,1H3,(H,19,20). The molecule has 0 fully saturated rings. The molecule has 8 heteroatoms.